The SMILES string of the molecule is COCNc1cccc(F)c1C#N. The van der Waals surface area contributed by atoms with Gasteiger partial charge >= 0.3 is 0 Å². The summed E-state index contributed by atoms with van der Waals surface area (Å²) in [7, 11) is 1.51. The number of nitriles is 1. The standard InChI is InChI=1S/C9H9FN2O/c1-13-6-12-9-4-2-3-8(10)7(9)5-11/h2-4,12H,6H2,1H3. The molecule has 0 aliphatic heterocycles. The number of hydrogen-bond acceptors (Lipinski definition) is 3. The Bertz CT molecular complexity index is 333. The number of hydrogen-bond donors (Lipinski definition) is 1. The summed E-state index contributed by atoms with van der Waals surface area (Å²) in [6.45, 7) is 0.248. The van der Waals surface area contributed by atoms with E-state index in [1.54, 1.807) is 12.1 Å². The van der Waals surface area contributed by atoms with Crippen LogP contribution in [-0.2, 0) is 4.74 Å². The number of halogens is 1. The number of anilines is 1. The predicted octanol–water partition coefficient (Wildman–Crippen LogP) is 1.71. The lowest BCUT2D eigenvalue weighted by atomic mass is 10.2. The van der Waals surface area contributed by atoms with Crippen molar-refractivity contribution in [3.05, 3.63) is 29.6 Å². The Labute approximate surface area is 75.7 Å². The van der Waals surface area contributed by atoms with Gasteiger partial charge in [0.15, 0.2) is 0 Å². The average molecular weight is 180 g/mol. The molecule has 0 unspecified atom stereocenters. The predicted molar refractivity (Wildman–Crippen MR) is 46.6 cm³/mol. The first-order valence-corrected chi connectivity index (χ1v) is 3.71. The number of nitrogens with one attached hydrogen (secondary N) is 1. The van der Waals surface area contributed by atoms with E-state index in [1.807, 2.05) is 0 Å². The lowest BCUT2D eigenvalue weighted by Crippen LogP contribution is -2.05. The Morgan fingerprint density at radius 2 is 2.38 bits per heavy atom. The van der Waals surface area contributed by atoms with Gasteiger partial charge in [0.05, 0.1) is 5.69 Å². The molecule has 1 rings (SSSR count). The van der Waals surface area contributed by atoms with Gasteiger partial charge in [0.1, 0.15) is 24.2 Å². The molecule has 0 bridgehead atoms. The molecule has 0 atom stereocenters. The molecule has 1 aromatic carbocycles. The van der Waals surface area contributed by atoms with Crippen molar-refractivity contribution in [2.45, 2.75) is 0 Å². The summed E-state index contributed by atoms with van der Waals surface area (Å²) in [5, 5.41) is 11.4. The first-order chi connectivity index (χ1) is 6.29. The van der Waals surface area contributed by atoms with Gasteiger partial charge in [-0.2, -0.15) is 5.26 Å². The van der Waals surface area contributed by atoms with Gasteiger partial charge in [-0.3, -0.25) is 0 Å². The van der Waals surface area contributed by atoms with Crippen LogP contribution in [0.5, 0.6) is 0 Å². The third-order valence-corrected chi connectivity index (χ3v) is 1.53. The van der Waals surface area contributed by atoms with Gasteiger partial charge in [0, 0.05) is 7.11 Å². The molecule has 13 heavy (non-hydrogen) atoms. The highest BCUT2D eigenvalue weighted by atomic mass is 19.1. The molecule has 68 valence electrons. The Morgan fingerprint density at radius 1 is 1.62 bits per heavy atom. The van der Waals surface area contributed by atoms with Gasteiger partial charge in [-0.15, -0.1) is 0 Å². The van der Waals surface area contributed by atoms with Gasteiger partial charge in [-0.25, -0.2) is 4.39 Å². The third-order valence-electron chi connectivity index (χ3n) is 1.53. The highest BCUT2D eigenvalue weighted by Crippen LogP contribution is 2.17. The maximum absolute atomic E-state index is 13.0. The summed E-state index contributed by atoms with van der Waals surface area (Å²) in [6, 6.07) is 6.19. The Morgan fingerprint density at radius 3 is 3.00 bits per heavy atom. The second kappa shape index (κ2) is 4.43. The summed E-state index contributed by atoms with van der Waals surface area (Å²) in [5.41, 5.74) is 0.462. The van der Waals surface area contributed by atoms with Gasteiger partial charge in [0.2, 0.25) is 0 Å². The van der Waals surface area contributed by atoms with Gasteiger partial charge in [-0.1, -0.05) is 6.07 Å². The molecule has 0 aliphatic rings. The molecule has 0 aromatic heterocycles. The van der Waals surface area contributed by atoms with Gasteiger partial charge in [0.25, 0.3) is 0 Å². The molecule has 3 nitrogen and oxygen atoms in total. The second-order valence-corrected chi connectivity index (χ2v) is 2.38. The van der Waals surface area contributed by atoms with E-state index >= 15 is 0 Å². The summed E-state index contributed by atoms with van der Waals surface area (Å²) in [6.07, 6.45) is 0. The third kappa shape index (κ3) is 2.17. The lowest BCUT2D eigenvalue weighted by molar-refractivity contribution is 0.221. The number of rotatable bonds is 3. The quantitative estimate of drug-likeness (QED) is 0.720. The maximum atomic E-state index is 13.0. The fraction of sp³-hybridized carbons (Fsp3) is 0.222. The van der Waals surface area contributed by atoms with E-state index in [-0.39, 0.29) is 12.3 Å². The van der Waals surface area contributed by atoms with E-state index in [9.17, 15) is 4.39 Å². The molecule has 0 heterocycles. The molecular formula is C9H9FN2O. The summed E-state index contributed by atoms with van der Waals surface area (Å²) < 4.78 is 17.7. The molecular weight excluding hydrogens is 171 g/mol. The molecule has 0 saturated heterocycles. The first-order valence-electron chi connectivity index (χ1n) is 3.71. The van der Waals surface area contributed by atoms with Gasteiger partial charge in [-0.05, 0) is 12.1 Å². The number of methoxy groups -OCH3 is 1. The first kappa shape index (κ1) is 9.49. The minimum absolute atomic E-state index is 0.0135. The van der Waals surface area contributed by atoms with Crippen LogP contribution >= 0.6 is 0 Å². The Kier molecular flexibility index (Phi) is 3.23. The zero-order chi connectivity index (χ0) is 9.68. The van der Waals surface area contributed by atoms with Crippen LogP contribution in [-0.4, -0.2) is 13.8 Å². The molecule has 1 aromatic rings. The van der Waals surface area contributed by atoms with Crippen LogP contribution in [0.4, 0.5) is 10.1 Å². The molecule has 0 saturated carbocycles. The lowest BCUT2D eigenvalue weighted by Gasteiger charge is -2.06. The highest BCUT2D eigenvalue weighted by Gasteiger charge is 2.05. The van der Waals surface area contributed by atoms with E-state index in [4.69, 9.17) is 10.00 Å². The van der Waals surface area contributed by atoms with Crippen molar-refractivity contribution < 1.29 is 9.13 Å². The van der Waals surface area contributed by atoms with Crippen LogP contribution in [0.1, 0.15) is 5.56 Å². The smallest absolute Gasteiger partial charge is 0.143 e. The van der Waals surface area contributed by atoms with Crippen molar-refractivity contribution in [1.82, 2.24) is 0 Å². The molecule has 4 heteroatoms. The number of ether oxygens (including phenoxy) is 1. The van der Waals surface area contributed by atoms with Crippen molar-refractivity contribution >= 4 is 5.69 Å². The topological polar surface area (TPSA) is 45.0 Å². The van der Waals surface area contributed by atoms with Crippen LogP contribution in [0.2, 0.25) is 0 Å². The minimum atomic E-state index is -0.524. The summed E-state index contributed by atoms with van der Waals surface area (Å²) in [5.74, 6) is -0.524. The van der Waals surface area contributed by atoms with E-state index in [2.05, 4.69) is 5.32 Å². The van der Waals surface area contributed by atoms with Crippen LogP contribution in [0.15, 0.2) is 18.2 Å². The van der Waals surface area contributed by atoms with Crippen molar-refractivity contribution in [3.63, 3.8) is 0 Å². The van der Waals surface area contributed by atoms with E-state index in [1.165, 1.54) is 19.2 Å². The normalized spacial score (nSPS) is 9.31. The number of benzene rings is 1. The Balaban J connectivity index is 2.93. The summed E-state index contributed by atoms with van der Waals surface area (Å²) >= 11 is 0. The minimum Gasteiger partial charge on any atom is -0.365 e. The van der Waals surface area contributed by atoms with Crippen molar-refractivity contribution in [2.75, 3.05) is 19.2 Å². The zero-order valence-corrected chi connectivity index (χ0v) is 7.17. The molecule has 0 radical (unpaired) electrons. The van der Waals surface area contributed by atoms with E-state index in [0.717, 1.165) is 0 Å². The van der Waals surface area contributed by atoms with Crippen molar-refractivity contribution in [1.29, 1.82) is 5.26 Å². The van der Waals surface area contributed by atoms with E-state index < -0.39 is 5.82 Å². The molecule has 0 spiro atoms. The van der Waals surface area contributed by atoms with Crippen LogP contribution in [0, 0.1) is 17.1 Å². The maximum Gasteiger partial charge on any atom is 0.143 e. The highest BCUT2D eigenvalue weighted by molar-refractivity contribution is 5.57. The largest absolute Gasteiger partial charge is 0.365 e. The van der Waals surface area contributed by atoms with Crippen molar-refractivity contribution in [2.24, 2.45) is 0 Å². The zero-order valence-electron chi connectivity index (χ0n) is 7.17. The van der Waals surface area contributed by atoms with Crippen LogP contribution in [0.25, 0.3) is 0 Å². The average Bonchev–Trinajstić information content (AvgIpc) is 2.15. The fourth-order valence-corrected chi connectivity index (χ4v) is 0.935. The van der Waals surface area contributed by atoms with Crippen molar-refractivity contribution in [3.8, 4) is 6.07 Å². The van der Waals surface area contributed by atoms with Crippen LogP contribution in [0.3, 0.4) is 0 Å². The van der Waals surface area contributed by atoms with Gasteiger partial charge < -0.3 is 10.1 Å². The Hall–Kier alpha value is -1.60. The molecule has 0 amide bonds. The molecule has 1 N–H and O–H groups in total. The second-order valence-electron chi connectivity index (χ2n) is 2.38. The summed E-state index contributed by atoms with van der Waals surface area (Å²) in [4.78, 5) is 0. The molecule has 0 fully saturated rings. The fourth-order valence-electron chi connectivity index (χ4n) is 0.935. The monoisotopic (exact) mass is 180 g/mol. The van der Waals surface area contributed by atoms with Crippen LogP contribution < -0.4 is 5.32 Å². The van der Waals surface area contributed by atoms with E-state index in [0.29, 0.717) is 5.69 Å². The number of nitrogens with zero attached hydrogens (tertiary/aromatic N) is 1. The molecule has 0 aliphatic carbocycles.